The van der Waals surface area contributed by atoms with Crippen molar-refractivity contribution in [3.05, 3.63) is 12.2 Å². The molecule has 7 heavy (non-hydrogen) atoms. The van der Waals surface area contributed by atoms with Gasteiger partial charge in [0, 0.05) is 0 Å². The molecule has 2 unspecified atom stereocenters. The zero-order chi connectivity index (χ0) is 5.28. The van der Waals surface area contributed by atoms with E-state index in [2.05, 4.69) is 0 Å². The molecule has 2 heteroatoms. The Labute approximate surface area is 47.6 Å². The molecule has 0 aromatic heterocycles. The molecule has 0 bridgehead atoms. The Morgan fingerprint density at radius 2 is 2.43 bits per heavy atom. The fraction of sp³-hybridized carbons (Fsp3) is 0.600. The number of hydrogen-bond acceptors (Lipinski definition) is 1. The van der Waals surface area contributed by atoms with Gasteiger partial charge in [0.15, 0.2) is 0 Å². The molecule has 2 atom stereocenters. The summed E-state index contributed by atoms with van der Waals surface area (Å²) in [6.45, 7) is 0. The number of aliphatic hydroxyl groups excluding tert-OH is 1. The van der Waals surface area contributed by atoms with Crippen molar-refractivity contribution in [3.63, 3.8) is 0 Å². The molecule has 0 fully saturated rings. The largest absolute Gasteiger partial charge is 0.391 e. The van der Waals surface area contributed by atoms with E-state index in [1.165, 1.54) is 0 Å². The van der Waals surface area contributed by atoms with E-state index in [1.807, 2.05) is 12.2 Å². The van der Waals surface area contributed by atoms with Crippen LogP contribution in [-0.2, 0) is 0 Å². The van der Waals surface area contributed by atoms with Gasteiger partial charge < -0.3 is 5.11 Å². The number of halogens is 1. The van der Waals surface area contributed by atoms with E-state index in [9.17, 15) is 0 Å². The summed E-state index contributed by atoms with van der Waals surface area (Å²) < 4.78 is 0. The topological polar surface area (TPSA) is 20.2 Å². The first-order valence-electron chi connectivity index (χ1n) is 2.29. The van der Waals surface area contributed by atoms with Gasteiger partial charge in [-0.1, -0.05) is 12.2 Å². The Morgan fingerprint density at radius 1 is 1.71 bits per heavy atom. The van der Waals surface area contributed by atoms with Gasteiger partial charge >= 0.3 is 0 Å². The van der Waals surface area contributed by atoms with Gasteiger partial charge in [0.2, 0.25) is 0 Å². The van der Waals surface area contributed by atoms with Crippen LogP contribution in [0.1, 0.15) is 6.42 Å². The molecule has 0 saturated heterocycles. The summed E-state index contributed by atoms with van der Waals surface area (Å²) in [5.74, 6) is 0. The SMILES string of the molecule is OC1CC=CC1Cl. The molecule has 0 radical (unpaired) electrons. The zero-order valence-electron chi connectivity index (χ0n) is 3.84. The van der Waals surface area contributed by atoms with Crippen LogP contribution in [0.15, 0.2) is 12.2 Å². The van der Waals surface area contributed by atoms with Crippen LogP contribution in [0.3, 0.4) is 0 Å². The van der Waals surface area contributed by atoms with Crippen LogP contribution in [0.4, 0.5) is 0 Å². The van der Waals surface area contributed by atoms with Gasteiger partial charge in [-0.05, 0) is 6.42 Å². The molecule has 0 spiro atoms. The van der Waals surface area contributed by atoms with E-state index in [0.717, 1.165) is 0 Å². The predicted octanol–water partition coefficient (Wildman–Crippen LogP) is 0.915. The Hall–Kier alpha value is -0.0100. The van der Waals surface area contributed by atoms with Crippen molar-refractivity contribution < 1.29 is 5.11 Å². The smallest absolute Gasteiger partial charge is 0.0778 e. The third-order valence-electron chi connectivity index (χ3n) is 1.07. The Balaban J connectivity index is 2.45. The molecule has 1 nitrogen and oxygen atoms in total. The van der Waals surface area contributed by atoms with Gasteiger partial charge in [0.05, 0.1) is 11.5 Å². The predicted molar refractivity (Wildman–Crippen MR) is 29.4 cm³/mol. The van der Waals surface area contributed by atoms with Crippen LogP contribution in [-0.4, -0.2) is 16.6 Å². The quantitative estimate of drug-likeness (QED) is 0.370. The van der Waals surface area contributed by atoms with Crippen molar-refractivity contribution in [2.24, 2.45) is 0 Å². The summed E-state index contributed by atoms with van der Waals surface area (Å²) in [4.78, 5) is 0. The highest BCUT2D eigenvalue weighted by molar-refractivity contribution is 6.22. The van der Waals surface area contributed by atoms with E-state index < -0.39 is 0 Å². The Bertz CT molecular complexity index is 90.1. The maximum atomic E-state index is 8.80. The number of hydrogen-bond donors (Lipinski definition) is 1. The molecule has 0 amide bonds. The minimum absolute atomic E-state index is 0.139. The third-order valence-corrected chi connectivity index (χ3v) is 1.50. The molecule has 1 N–H and O–H groups in total. The summed E-state index contributed by atoms with van der Waals surface area (Å²) >= 11 is 5.53. The van der Waals surface area contributed by atoms with Gasteiger partial charge in [-0.25, -0.2) is 0 Å². The lowest BCUT2D eigenvalue weighted by molar-refractivity contribution is 0.192. The van der Waals surface area contributed by atoms with Gasteiger partial charge in [-0.3, -0.25) is 0 Å². The van der Waals surface area contributed by atoms with Gasteiger partial charge in [0.25, 0.3) is 0 Å². The zero-order valence-corrected chi connectivity index (χ0v) is 4.60. The monoisotopic (exact) mass is 118 g/mol. The van der Waals surface area contributed by atoms with Crippen LogP contribution >= 0.6 is 11.6 Å². The molecule has 0 heterocycles. The van der Waals surface area contributed by atoms with Gasteiger partial charge in [-0.15, -0.1) is 11.6 Å². The summed E-state index contributed by atoms with van der Waals surface area (Å²) in [5, 5.41) is 8.66. The average Bonchev–Trinajstić information content (AvgIpc) is 1.91. The average molecular weight is 119 g/mol. The fourth-order valence-corrected chi connectivity index (χ4v) is 0.812. The third kappa shape index (κ3) is 0.956. The van der Waals surface area contributed by atoms with Gasteiger partial charge in [-0.2, -0.15) is 0 Å². The first-order valence-corrected chi connectivity index (χ1v) is 2.73. The first-order chi connectivity index (χ1) is 3.30. The van der Waals surface area contributed by atoms with Gasteiger partial charge in [0.1, 0.15) is 0 Å². The van der Waals surface area contributed by atoms with Crippen LogP contribution < -0.4 is 0 Å². The molecule has 0 saturated carbocycles. The molecule has 1 rings (SSSR count). The highest BCUT2D eigenvalue weighted by Gasteiger charge is 2.15. The summed E-state index contributed by atoms with van der Waals surface area (Å²) in [7, 11) is 0. The highest BCUT2D eigenvalue weighted by Crippen LogP contribution is 2.15. The molecule has 0 aromatic rings. The Kier molecular flexibility index (Phi) is 1.35. The maximum Gasteiger partial charge on any atom is 0.0778 e. The first kappa shape index (κ1) is 5.13. The molecule has 1 aliphatic rings. The minimum atomic E-state index is -0.332. The molecule has 1 aliphatic carbocycles. The molecule has 40 valence electrons. The van der Waals surface area contributed by atoms with Crippen LogP contribution in [0, 0.1) is 0 Å². The fourth-order valence-electron chi connectivity index (χ4n) is 0.606. The van der Waals surface area contributed by atoms with Crippen molar-refractivity contribution >= 4 is 11.6 Å². The van der Waals surface area contributed by atoms with Crippen LogP contribution in [0.2, 0.25) is 0 Å². The number of aliphatic hydroxyl groups is 1. The lowest BCUT2D eigenvalue weighted by Gasteiger charge is -2.01. The van der Waals surface area contributed by atoms with Crippen molar-refractivity contribution in [2.45, 2.75) is 17.9 Å². The standard InChI is InChI=1S/C5H7ClO/c6-4-2-1-3-5(4)7/h1-2,4-5,7H,3H2. The van der Waals surface area contributed by atoms with E-state index in [4.69, 9.17) is 16.7 Å². The van der Waals surface area contributed by atoms with E-state index in [0.29, 0.717) is 6.42 Å². The lowest BCUT2D eigenvalue weighted by Crippen LogP contribution is -2.11. The second-order valence-electron chi connectivity index (χ2n) is 1.68. The van der Waals surface area contributed by atoms with E-state index in [-0.39, 0.29) is 11.5 Å². The summed E-state index contributed by atoms with van der Waals surface area (Å²) in [6.07, 6.45) is 4.09. The van der Waals surface area contributed by atoms with Crippen molar-refractivity contribution in [3.8, 4) is 0 Å². The molecular formula is C5H7ClO. The molecule has 0 aromatic carbocycles. The second-order valence-corrected chi connectivity index (χ2v) is 2.18. The van der Waals surface area contributed by atoms with Crippen LogP contribution in [0.5, 0.6) is 0 Å². The van der Waals surface area contributed by atoms with E-state index in [1.54, 1.807) is 0 Å². The Morgan fingerprint density at radius 3 is 2.57 bits per heavy atom. The number of rotatable bonds is 0. The summed E-state index contributed by atoms with van der Waals surface area (Å²) in [5.41, 5.74) is 0. The van der Waals surface area contributed by atoms with Crippen molar-refractivity contribution in [1.82, 2.24) is 0 Å². The second kappa shape index (κ2) is 1.85. The van der Waals surface area contributed by atoms with Crippen LogP contribution in [0.25, 0.3) is 0 Å². The van der Waals surface area contributed by atoms with E-state index >= 15 is 0 Å². The normalized spacial score (nSPS) is 39.7. The number of alkyl halides is 1. The highest BCUT2D eigenvalue weighted by atomic mass is 35.5. The molecular weight excluding hydrogens is 112 g/mol. The lowest BCUT2D eigenvalue weighted by atomic mass is 10.3. The maximum absolute atomic E-state index is 8.80. The summed E-state index contributed by atoms with van der Waals surface area (Å²) in [6, 6.07) is 0. The van der Waals surface area contributed by atoms with Crippen molar-refractivity contribution in [2.75, 3.05) is 0 Å². The van der Waals surface area contributed by atoms with Crippen molar-refractivity contribution in [1.29, 1.82) is 0 Å². The molecule has 0 aliphatic heterocycles. The minimum Gasteiger partial charge on any atom is -0.391 e.